The molecular weight excluding hydrogens is 301 g/mol. The van der Waals surface area contributed by atoms with Crippen LogP contribution in [0.5, 0.6) is 0 Å². The fourth-order valence-corrected chi connectivity index (χ4v) is 0. The molecule has 0 saturated carbocycles. The van der Waals surface area contributed by atoms with E-state index in [-0.39, 0.29) is 17.4 Å². The molecule has 0 aromatic carbocycles. The van der Waals surface area contributed by atoms with Gasteiger partial charge in [-0.05, 0) is 0 Å². The number of hydrogen-bond acceptors (Lipinski definition) is 1. The largest absolute Gasteiger partial charge is 0 e. The van der Waals surface area contributed by atoms with Crippen molar-refractivity contribution < 1.29 is 43.5 Å². The van der Waals surface area contributed by atoms with Gasteiger partial charge >= 0.3 is 43.8 Å². The Bertz CT molecular complexity index is 26.3. The quantitative estimate of drug-likeness (QED) is 0.637. The first-order valence-electron chi connectivity index (χ1n) is 1.37. The molecular formula is C3H7AuCrO. The van der Waals surface area contributed by atoms with Gasteiger partial charge in [0, 0.05) is 17.4 Å². The van der Waals surface area contributed by atoms with E-state index in [0.717, 1.165) is 0 Å². The van der Waals surface area contributed by atoms with E-state index in [1.54, 1.807) is 13.8 Å². The normalized spacial score (nSPS) is 10.2. The smallest absolute Gasteiger partial charge is 0 e. The van der Waals surface area contributed by atoms with Crippen LogP contribution in [0.25, 0.3) is 0 Å². The van der Waals surface area contributed by atoms with Crippen molar-refractivity contribution >= 4 is 0 Å². The number of rotatable bonds is 0. The molecule has 0 heterocycles. The van der Waals surface area contributed by atoms with Crippen LogP contribution in [0.2, 0.25) is 0 Å². The Kier molecular flexibility index (Phi) is 5.58. The van der Waals surface area contributed by atoms with Crippen molar-refractivity contribution in [1.82, 2.24) is 0 Å². The molecule has 0 aromatic rings. The van der Waals surface area contributed by atoms with Crippen molar-refractivity contribution in [1.29, 1.82) is 0 Å². The van der Waals surface area contributed by atoms with Crippen LogP contribution in [0.3, 0.4) is 0 Å². The van der Waals surface area contributed by atoms with Gasteiger partial charge in [-0.1, -0.05) is 0 Å². The van der Waals surface area contributed by atoms with Gasteiger partial charge in [-0.15, -0.1) is 0 Å². The third kappa shape index (κ3) is 61.7. The van der Waals surface area contributed by atoms with Crippen molar-refractivity contribution in [2.75, 3.05) is 0 Å². The van der Waals surface area contributed by atoms with E-state index >= 15 is 0 Å². The van der Waals surface area contributed by atoms with E-state index in [1.165, 1.54) is 0 Å². The van der Waals surface area contributed by atoms with Gasteiger partial charge in [0.2, 0.25) is 0 Å². The topological polar surface area (TPSA) is 20.2 Å². The zero-order chi connectivity index (χ0) is 4.50. The Labute approximate surface area is 61.2 Å². The van der Waals surface area contributed by atoms with Crippen LogP contribution in [0, 0.1) is 0 Å². The molecule has 0 aliphatic rings. The molecule has 0 aromatic heterocycles. The maximum absolute atomic E-state index is 8.50. The SMILES string of the molecule is C[C](C)(O)[Au].[Cr]. The maximum Gasteiger partial charge on any atom is 0 e. The van der Waals surface area contributed by atoms with Crippen molar-refractivity contribution in [3.05, 3.63) is 0 Å². The molecule has 0 saturated heterocycles. The summed E-state index contributed by atoms with van der Waals surface area (Å²) in [6.07, 6.45) is 0. The summed E-state index contributed by atoms with van der Waals surface area (Å²) < 4.78 is -0.556. The van der Waals surface area contributed by atoms with Gasteiger partial charge in [0.15, 0.2) is 0 Å². The summed E-state index contributed by atoms with van der Waals surface area (Å²) >= 11 is 2.09. The summed E-state index contributed by atoms with van der Waals surface area (Å²) in [5.74, 6) is 0. The third-order valence-corrected chi connectivity index (χ3v) is 0. The van der Waals surface area contributed by atoms with Crippen molar-refractivity contribution in [3.63, 3.8) is 0 Å². The van der Waals surface area contributed by atoms with Crippen LogP contribution in [-0.4, -0.2) is 8.93 Å². The first-order chi connectivity index (χ1) is 2.00. The average Bonchev–Trinajstić information content (AvgIpc) is 0.722. The molecule has 0 bridgehead atoms. The van der Waals surface area contributed by atoms with Gasteiger partial charge < -0.3 is 0 Å². The third-order valence-electron chi connectivity index (χ3n) is 0. The van der Waals surface area contributed by atoms with Crippen molar-refractivity contribution in [2.45, 2.75) is 17.7 Å². The Hall–Kier alpha value is 1.23. The second kappa shape index (κ2) is 3.26. The van der Waals surface area contributed by atoms with Gasteiger partial charge in [-0.2, -0.15) is 0 Å². The predicted octanol–water partition coefficient (Wildman–Crippen LogP) is 0.259. The Morgan fingerprint density at radius 1 is 1.50 bits per heavy atom. The summed E-state index contributed by atoms with van der Waals surface area (Å²) in [4.78, 5) is 0. The minimum absolute atomic E-state index is 0. The Balaban J connectivity index is 0. The molecule has 0 rings (SSSR count). The first-order valence-corrected chi connectivity index (χ1v) is 2.46. The standard InChI is InChI=1S/C3H7O.Au.Cr/c1-3(2)4;;/h4H,1-2H3;;. The minimum atomic E-state index is -0.556. The molecule has 0 aliphatic heterocycles. The molecule has 42 valence electrons. The monoisotopic (exact) mass is 308 g/mol. The van der Waals surface area contributed by atoms with Gasteiger partial charge in [-0.25, -0.2) is 0 Å². The molecule has 0 unspecified atom stereocenters. The van der Waals surface area contributed by atoms with E-state index in [2.05, 4.69) is 21.1 Å². The van der Waals surface area contributed by atoms with Crippen molar-refractivity contribution in [2.24, 2.45) is 0 Å². The van der Waals surface area contributed by atoms with Crippen LogP contribution in [0.4, 0.5) is 0 Å². The molecule has 1 nitrogen and oxygen atoms in total. The molecule has 6 heavy (non-hydrogen) atoms. The molecule has 0 amide bonds. The maximum atomic E-state index is 8.50. The molecule has 0 radical (unpaired) electrons. The number of aliphatic hydroxyl groups is 1. The summed E-state index contributed by atoms with van der Waals surface area (Å²) in [5.41, 5.74) is 0. The van der Waals surface area contributed by atoms with E-state index < -0.39 is 3.82 Å². The minimum Gasteiger partial charge on any atom is 0 e. The van der Waals surface area contributed by atoms with Gasteiger partial charge in [0.05, 0.1) is 0 Å². The van der Waals surface area contributed by atoms with Gasteiger partial charge in [0.25, 0.3) is 0 Å². The summed E-state index contributed by atoms with van der Waals surface area (Å²) in [6.45, 7) is 3.44. The van der Waals surface area contributed by atoms with E-state index in [1.807, 2.05) is 0 Å². The second-order valence-electron chi connectivity index (χ2n) is 1.32. The van der Waals surface area contributed by atoms with Crippen LogP contribution in [0.1, 0.15) is 13.8 Å². The van der Waals surface area contributed by atoms with Crippen LogP contribution in [0.15, 0.2) is 0 Å². The average molecular weight is 308 g/mol. The molecule has 0 fully saturated rings. The first kappa shape index (κ1) is 10.3. The Morgan fingerprint density at radius 2 is 1.50 bits per heavy atom. The fourth-order valence-electron chi connectivity index (χ4n) is 0. The summed E-state index contributed by atoms with van der Waals surface area (Å²) in [5, 5.41) is 8.50. The van der Waals surface area contributed by atoms with Gasteiger partial charge in [-0.3, -0.25) is 0 Å². The van der Waals surface area contributed by atoms with E-state index in [0.29, 0.717) is 0 Å². The zero-order valence-electron chi connectivity index (χ0n) is 3.66. The van der Waals surface area contributed by atoms with Crippen molar-refractivity contribution in [3.8, 4) is 0 Å². The van der Waals surface area contributed by atoms with E-state index in [9.17, 15) is 0 Å². The fraction of sp³-hybridized carbons (Fsp3) is 1.00. The van der Waals surface area contributed by atoms with Crippen LogP contribution >= 0.6 is 0 Å². The van der Waals surface area contributed by atoms with Crippen LogP contribution < -0.4 is 0 Å². The zero-order valence-corrected chi connectivity index (χ0v) is 7.10. The number of hydrogen-bond donors (Lipinski definition) is 1. The molecule has 3 heteroatoms. The Morgan fingerprint density at radius 3 is 1.50 bits per heavy atom. The predicted molar refractivity (Wildman–Crippen MR) is 16.3 cm³/mol. The molecule has 0 atom stereocenters. The summed E-state index contributed by atoms with van der Waals surface area (Å²) in [6, 6.07) is 0. The van der Waals surface area contributed by atoms with Gasteiger partial charge in [0.1, 0.15) is 0 Å². The summed E-state index contributed by atoms with van der Waals surface area (Å²) in [7, 11) is 0. The molecule has 0 aliphatic carbocycles. The molecule has 1 N–H and O–H groups in total. The van der Waals surface area contributed by atoms with E-state index in [4.69, 9.17) is 5.11 Å². The second-order valence-corrected chi connectivity index (χ2v) is 3.97. The van der Waals surface area contributed by atoms with Crippen LogP contribution in [-0.2, 0) is 38.4 Å². The molecule has 0 spiro atoms.